The summed E-state index contributed by atoms with van der Waals surface area (Å²) in [5, 5.41) is 9.74. The highest BCUT2D eigenvalue weighted by Gasteiger charge is 2.04. The first kappa shape index (κ1) is 20.2. The van der Waals surface area contributed by atoms with Crippen molar-refractivity contribution in [3.63, 3.8) is 0 Å². The maximum absolute atomic E-state index is 9.74. The molecule has 0 aromatic carbocycles. The lowest BCUT2D eigenvalue weighted by Crippen LogP contribution is -2.20. The molecule has 0 aromatic rings. The number of aliphatic hydroxyl groups excluding tert-OH is 1. The standard InChI is InChI=1S/C16H34O3S/c1-3-5-6-7-8-9-13-20-15-16(17)14-19-12-11-18-10-4-2/h16-17H,3-15H2,1-2H3. The molecule has 20 heavy (non-hydrogen) atoms. The monoisotopic (exact) mass is 306 g/mol. The van der Waals surface area contributed by atoms with Gasteiger partial charge >= 0.3 is 0 Å². The second kappa shape index (κ2) is 17.3. The second-order valence-corrected chi connectivity index (χ2v) is 6.33. The van der Waals surface area contributed by atoms with Crippen LogP contribution in [0.4, 0.5) is 0 Å². The maximum Gasteiger partial charge on any atom is 0.0863 e. The first-order valence-electron chi connectivity index (χ1n) is 8.22. The summed E-state index contributed by atoms with van der Waals surface area (Å²) in [7, 11) is 0. The van der Waals surface area contributed by atoms with Crippen molar-refractivity contribution in [2.45, 2.75) is 64.9 Å². The number of aliphatic hydroxyl groups is 1. The van der Waals surface area contributed by atoms with E-state index in [1.54, 1.807) is 0 Å². The molecule has 0 amide bonds. The molecule has 3 nitrogen and oxygen atoms in total. The van der Waals surface area contributed by atoms with E-state index in [-0.39, 0.29) is 6.10 Å². The van der Waals surface area contributed by atoms with E-state index in [9.17, 15) is 5.11 Å². The zero-order valence-corrected chi connectivity index (χ0v) is 14.3. The molecule has 0 radical (unpaired) electrons. The lowest BCUT2D eigenvalue weighted by Gasteiger charge is -2.11. The molecule has 0 rings (SSSR count). The topological polar surface area (TPSA) is 38.7 Å². The zero-order chi connectivity index (χ0) is 14.9. The number of hydrogen-bond donors (Lipinski definition) is 1. The first-order valence-corrected chi connectivity index (χ1v) is 9.38. The van der Waals surface area contributed by atoms with Crippen molar-refractivity contribution in [2.24, 2.45) is 0 Å². The Balaban J connectivity index is 3.10. The molecule has 0 fully saturated rings. The van der Waals surface area contributed by atoms with Gasteiger partial charge in [0.2, 0.25) is 0 Å². The van der Waals surface area contributed by atoms with Crippen LogP contribution in [0, 0.1) is 0 Å². The van der Waals surface area contributed by atoms with Crippen LogP contribution in [-0.4, -0.2) is 49.1 Å². The summed E-state index contributed by atoms with van der Waals surface area (Å²) in [6.45, 7) is 6.77. The molecule has 122 valence electrons. The Bertz CT molecular complexity index is 179. The number of rotatable bonds is 16. The third-order valence-electron chi connectivity index (χ3n) is 2.98. The highest BCUT2D eigenvalue weighted by atomic mass is 32.2. The SMILES string of the molecule is CCCCCCCCSCC(O)COCCOCCC. The average Bonchev–Trinajstić information content (AvgIpc) is 2.45. The molecule has 0 aliphatic carbocycles. The summed E-state index contributed by atoms with van der Waals surface area (Å²) in [6.07, 6.45) is 8.70. The van der Waals surface area contributed by atoms with Crippen LogP contribution in [0.15, 0.2) is 0 Å². The van der Waals surface area contributed by atoms with Gasteiger partial charge in [0, 0.05) is 12.4 Å². The maximum atomic E-state index is 9.74. The minimum Gasteiger partial charge on any atom is -0.390 e. The van der Waals surface area contributed by atoms with Gasteiger partial charge in [0.1, 0.15) is 0 Å². The van der Waals surface area contributed by atoms with Crippen LogP contribution in [0.1, 0.15) is 58.8 Å². The summed E-state index contributed by atoms with van der Waals surface area (Å²) in [4.78, 5) is 0. The molecule has 1 atom stereocenters. The molecule has 0 aliphatic heterocycles. The van der Waals surface area contributed by atoms with E-state index in [4.69, 9.17) is 9.47 Å². The van der Waals surface area contributed by atoms with E-state index < -0.39 is 0 Å². The van der Waals surface area contributed by atoms with Crippen molar-refractivity contribution in [2.75, 3.05) is 37.9 Å². The van der Waals surface area contributed by atoms with Crippen LogP contribution in [0.5, 0.6) is 0 Å². The van der Waals surface area contributed by atoms with Crippen molar-refractivity contribution in [3.8, 4) is 0 Å². The fourth-order valence-corrected chi connectivity index (χ4v) is 2.78. The Morgan fingerprint density at radius 3 is 2.30 bits per heavy atom. The van der Waals surface area contributed by atoms with Crippen LogP contribution in [-0.2, 0) is 9.47 Å². The zero-order valence-electron chi connectivity index (χ0n) is 13.4. The fraction of sp³-hybridized carbons (Fsp3) is 1.00. The fourth-order valence-electron chi connectivity index (χ4n) is 1.84. The van der Waals surface area contributed by atoms with Crippen LogP contribution >= 0.6 is 11.8 Å². The number of hydrogen-bond acceptors (Lipinski definition) is 4. The highest BCUT2D eigenvalue weighted by Crippen LogP contribution is 2.10. The predicted octanol–water partition coefficient (Wildman–Crippen LogP) is 3.88. The van der Waals surface area contributed by atoms with E-state index in [0.717, 1.165) is 24.5 Å². The predicted molar refractivity (Wildman–Crippen MR) is 88.6 cm³/mol. The molecular weight excluding hydrogens is 272 g/mol. The quantitative estimate of drug-likeness (QED) is 0.439. The number of ether oxygens (including phenoxy) is 2. The molecule has 4 heteroatoms. The Labute approximate surface area is 129 Å². The van der Waals surface area contributed by atoms with Gasteiger partial charge in [-0.1, -0.05) is 46.0 Å². The van der Waals surface area contributed by atoms with Crippen LogP contribution < -0.4 is 0 Å². The van der Waals surface area contributed by atoms with Crippen LogP contribution in [0.2, 0.25) is 0 Å². The van der Waals surface area contributed by atoms with Gasteiger partial charge in [-0.25, -0.2) is 0 Å². The summed E-state index contributed by atoms with van der Waals surface area (Å²) < 4.78 is 10.7. The Kier molecular flexibility index (Phi) is 17.5. The van der Waals surface area contributed by atoms with Gasteiger partial charge in [-0.05, 0) is 18.6 Å². The Morgan fingerprint density at radius 2 is 1.55 bits per heavy atom. The first-order chi connectivity index (χ1) is 9.81. The average molecular weight is 307 g/mol. The largest absolute Gasteiger partial charge is 0.390 e. The van der Waals surface area contributed by atoms with Crippen molar-refractivity contribution in [1.82, 2.24) is 0 Å². The Morgan fingerprint density at radius 1 is 0.850 bits per heavy atom. The van der Waals surface area contributed by atoms with E-state index in [0.29, 0.717) is 19.8 Å². The van der Waals surface area contributed by atoms with E-state index in [1.807, 2.05) is 11.8 Å². The van der Waals surface area contributed by atoms with Gasteiger partial charge in [-0.2, -0.15) is 11.8 Å². The van der Waals surface area contributed by atoms with Crippen molar-refractivity contribution >= 4 is 11.8 Å². The van der Waals surface area contributed by atoms with Gasteiger partial charge in [0.15, 0.2) is 0 Å². The summed E-state index contributed by atoms with van der Waals surface area (Å²) in [5.74, 6) is 1.94. The van der Waals surface area contributed by atoms with Crippen molar-refractivity contribution in [1.29, 1.82) is 0 Å². The van der Waals surface area contributed by atoms with Crippen molar-refractivity contribution in [3.05, 3.63) is 0 Å². The normalized spacial score (nSPS) is 12.8. The molecule has 0 saturated heterocycles. The lowest BCUT2D eigenvalue weighted by atomic mass is 10.1. The summed E-state index contributed by atoms with van der Waals surface area (Å²) in [6, 6.07) is 0. The van der Waals surface area contributed by atoms with E-state index in [1.165, 1.54) is 38.5 Å². The van der Waals surface area contributed by atoms with Gasteiger partial charge < -0.3 is 14.6 Å². The molecule has 0 heterocycles. The molecule has 0 aliphatic rings. The minimum absolute atomic E-state index is 0.341. The van der Waals surface area contributed by atoms with Crippen molar-refractivity contribution < 1.29 is 14.6 Å². The summed E-state index contributed by atoms with van der Waals surface area (Å²) >= 11 is 1.84. The molecular formula is C16H34O3S. The molecule has 0 spiro atoms. The second-order valence-electron chi connectivity index (χ2n) is 5.18. The van der Waals surface area contributed by atoms with E-state index >= 15 is 0 Å². The Hall–Kier alpha value is 0.230. The minimum atomic E-state index is -0.341. The molecule has 0 saturated carbocycles. The molecule has 0 bridgehead atoms. The molecule has 0 aromatic heterocycles. The lowest BCUT2D eigenvalue weighted by molar-refractivity contribution is 0.0110. The van der Waals surface area contributed by atoms with E-state index in [2.05, 4.69) is 13.8 Å². The summed E-state index contributed by atoms with van der Waals surface area (Å²) in [5.41, 5.74) is 0. The van der Waals surface area contributed by atoms with Gasteiger partial charge in [0.05, 0.1) is 25.9 Å². The van der Waals surface area contributed by atoms with Crippen LogP contribution in [0.3, 0.4) is 0 Å². The van der Waals surface area contributed by atoms with Gasteiger partial charge in [0.25, 0.3) is 0 Å². The van der Waals surface area contributed by atoms with Gasteiger partial charge in [-0.15, -0.1) is 0 Å². The smallest absolute Gasteiger partial charge is 0.0863 e. The van der Waals surface area contributed by atoms with Crippen LogP contribution in [0.25, 0.3) is 0 Å². The molecule has 1 unspecified atom stereocenters. The highest BCUT2D eigenvalue weighted by molar-refractivity contribution is 7.99. The number of unbranched alkanes of at least 4 members (excludes halogenated alkanes) is 5. The molecule has 1 N–H and O–H groups in total. The number of thioether (sulfide) groups is 1. The third-order valence-corrected chi connectivity index (χ3v) is 4.18. The third kappa shape index (κ3) is 16.3. The van der Waals surface area contributed by atoms with Gasteiger partial charge in [-0.3, -0.25) is 0 Å².